The number of hydrogen-bond donors (Lipinski definition) is 0. The Balaban J connectivity index is 1.34. The number of anilines is 1. The van der Waals surface area contributed by atoms with E-state index in [9.17, 15) is 13.2 Å². The van der Waals surface area contributed by atoms with Crippen LogP contribution in [-0.2, 0) is 20.5 Å². The molecule has 0 bridgehead atoms. The Hall–Kier alpha value is -3.14. The van der Waals surface area contributed by atoms with E-state index in [-0.39, 0.29) is 23.9 Å². The van der Waals surface area contributed by atoms with E-state index in [1.165, 1.54) is 10.3 Å². The van der Waals surface area contributed by atoms with Crippen LogP contribution in [0.5, 0.6) is 0 Å². The molecule has 1 aliphatic heterocycles. The third-order valence-electron chi connectivity index (χ3n) is 7.08. The molecule has 36 heavy (non-hydrogen) atoms. The third kappa shape index (κ3) is 4.21. The van der Waals surface area contributed by atoms with Gasteiger partial charge in [-0.05, 0) is 57.1 Å². The first kappa shape index (κ1) is 23.3. The molecule has 3 fully saturated rings. The van der Waals surface area contributed by atoms with Crippen LogP contribution in [0.25, 0.3) is 11.0 Å². The second kappa shape index (κ2) is 8.19. The Bertz CT molecular complexity index is 1430. The molecule has 9 nitrogen and oxygen atoms in total. The maximum Gasteiger partial charge on any atom is 0.410 e. The van der Waals surface area contributed by atoms with Gasteiger partial charge in [0.05, 0.1) is 23.2 Å². The van der Waals surface area contributed by atoms with Crippen LogP contribution in [0.15, 0.2) is 42.9 Å². The molecule has 3 aromatic rings. The number of nitrogens with zero attached hydrogens (tertiary/aromatic N) is 5. The summed E-state index contributed by atoms with van der Waals surface area (Å²) < 4.78 is 34.0. The monoisotopic (exact) mass is 509 g/mol. The zero-order valence-corrected chi connectivity index (χ0v) is 21.6. The fourth-order valence-electron chi connectivity index (χ4n) is 5.23. The fraction of sp³-hybridized carbons (Fsp3) is 0.500. The Morgan fingerprint density at radius 3 is 2.53 bits per heavy atom. The van der Waals surface area contributed by atoms with Gasteiger partial charge in [0.2, 0.25) is 10.0 Å². The van der Waals surface area contributed by atoms with E-state index in [0.717, 1.165) is 41.6 Å². The average Bonchev–Trinajstić information content (AvgIpc) is 3.74. The molecule has 190 valence electrons. The zero-order chi connectivity index (χ0) is 25.2. The molecule has 2 atom stereocenters. The van der Waals surface area contributed by atoms with Crippen molar-refractivity contribution in [2.24, 2.45) is 0 Å². The molecule has 1 amide bonds. The Morgan fingerprint density at radius 1 is 1.08 bits per heavy atom. The van der Waals surface area contributed by atoms with Crippen molar-refractivity contribution in [3.8, 4) is 0 Å². The van der Waals surface area contributed by atoms with E-state index in [4.69, 9.17) is 4.74 Å². The van der Waals surface area contributed by atoms with Crippen molar-refractivity contribution in [1.82, 2.24) is 18.8 Å². The van der Waals surface area contributed by atoms with E-state index in [1.807, 2.05) is 56.0 Å². The molecule has 0 N–H and O–H groups in total. The smallest absolute Gasteiger partial charge is 0.410 e. The SMILES string of the molecule is CC(C)(C)OC(=O)N1CCN(c2ncnc3c2c(C2CC2)cn3S(=O)(=O)Cc2ccccc2)C2CC21. The molecule has 6 rings (SSSR count). The van der Waals surface area contributed by atoms with Crippen LogP contribution in [0.1, 0.15) is 57.1 Å². The normalized spacial score (nSPS) is 22.0. The Morgan fingerprint density at radius 2 is 1.83 bits per heavy atom. The third-order valence-corrected chi connectivity index (χ3v) is 8.65. The number of carbonyl (C=O) groups is 1. The molecular weight excluding hydrogens is 478 g/mol. The molecular formula is C26H31N5O4S. The molecule has 0 radical (unpaired) electrons. The van der Waals surface area contributed by atoms with Crippen LogP contribution in [0.3, 0.4) is 0 Å². The quantitative estimate of drug-likeness (QED) is 0.515. The van der Waals surface area contributed by atoms with Gasteiger partial charge in [0, 0.05) is 19.3 Å². The number of aromatic nitrogens is 3. The molecule has 3 heterocycles. The second-order valence-corrected chi connectivity index (χ2v) is 12.9. The van der Waals surface area contributed by atoms with Crippen molar-refractivity contribution in [3.63, 3.8) is 0 Å². The number of ether oxygens (including phenoxy) is 1. The van der Waals surface area contributed by atoms with Crippen LogP contribution < -0.4 is 4.90 Å². The standard InChI is InChI=1S/C26H31N5O4S/c1-26(2,3)35-25(32)30-12-11-29(20-13-21(20)30)23-22-19(18-9-10-18)14-31(24(22)28-16-27-23)36(33,34)15-17-7-5-4-6-8-17/h4-8,14,16,18,20-21H,9-13,15H2,1-3H3. The van der Waals surface area contributed by atoms with Gasteiger partial charge in [0.15, 0.2) is 5.65 Å². The van der Waals surface area contributed by atoms with E-state index < -0.39 is 15.6 Å². The minimum atomic E-state index is -3.67. The van der Waals surface area contributed by atoms with Gasteiger partial charge in [-0.15, -0.1) is 0 Å². The molecule has 0 spiro atoms. The summed E-state index contributed by atoms with van der Waals surface area (Å²) in [4.78, 5) is 25.9. The first-order valence-electron chi connectivity index (χ1n) is 12.5. The highest BCUT2D eigenvalue weighted by atomic mass is 32.2. The lowest BCUT2D eigenvalue weighted by atomic mass is 10.1. The zero-order valence-electron chi connectivity index (χ0n) is 20.8. The van der Waals surface area contributed by atoms with Gasteiger partial charge < -0.3 is 14.5 Å². The van der Waals surface area contributed by atoms with E-state index in [1.54, 1.807) is 6.20 Å². The predicted molar refractivity (Wildman–Crippen MR) is 136 cm³/mol. The number of amides is 1. The largest absolute Gasteiger partial charge is 0.444 e. The number of rotatable bonds is 5. The number of carbonyl (C=O) groups excluding carboxylic acids is 1. The van der Waals surface area contributed by atoms with Crippen LogP contribution in [0.2, 0.25) is 0 Å². The summed E-state index contributed by atoms with van der Waals surface area (Å²) in [5.74, 6) is 0.996. The molecule has 1 saturated heterocycles. The van der Waals surface area contributed by atoms with Crippen molar-refractivity contribution in [3.05, 3.63) is 54.0 Å². The minimum Gasteiger partial charge on any atom is -0.444 e. The van der Waals surface area contributed by atoms with E-state index in [2.05, 4.69) is 14.9 Å². The second-order valence-electron chi connectivity index (χ2n) is 11.0. The first-order chi connectivity index (χ1) is 17.1. The summed E-state index contributed by atoms with van der Waals surface area (Å²) in [7, 11) is -3.67. The summed E-state index contributed by atoms with van der Waals surface area (Å²) in [6, 6.07) is 9.42. The lowest BCUT2D eigenvalue weighted by molar-refractivity contribution is 0.0218. The number of fused-ring (bicyclic) bond motifs is 2. The fourth-order valence-corrected chi connectivity index (χ4v) is 6.66. The van der Waals surface area contributed by atoms with Crippen molar-refractivity contribution in [2.45, 2.75) is 69.4 Å². The topological polar surface area (TPSA) is 97.6 Å². The van der Waals surface area contributed by atoms with Crippen molar-refractivity contribution >= 4 is 33.0 Å². The highest BCUT2D eigenvalue weighted by molar-refractivity contribution is 7.89. The Kier molecular flexibility index (Phi) is 5.30. The van der Waals surface area contributed by atoms with Gasteiger partial charge in [0.1, 0.15) is 17.7 Å². The predicted octanol–water partition coefficient (Wildman–Crippen LogP) is 3.88. The van der Waals surface area contributed by atoms with Crippen molar-refractivity contribution in [1.29, 1.82) is 0 Å². The summed E-state index contributed by atoms with van der Waals surface area (Å²) in [6.45, 7) is 6.77. The molecule has 2 unspecified atom stereocenters. The highest BCUT2D eigenvalue weighted by Crippen LogP contribution is 2.48. The van der Waals surface area contributed by atoms with Crippen LogP contribution in [0, 0.1) is 0 Å². The summed E-state index contributed by atoms with van der Waals surface area (Å²) in [5, 5.41) is 0.827. The van der Waals surface area contributed by atoms with Crippen molar-refractivity contribution < 1.29 is 17.9 Å². The maximum atomic E-state index is 13.5. The van der Waals surface area contributed by atoms with Crippen LogP contribution in [0.4, 0.5) is 10.6 Å². The number of piperazine rings is 1. The van der Waals surface area contributed by atoms with E-state index >= 15 is 0 Å². The molecule has 10 heteroatoms. The van der Waals surface area contributed by atoms with Gasteiger partial charge in [-0.25, -0.2) is 27.2 Å². The van der Waals surface area contributed by atoms with Gasteiger partial charge in [-0.3, -0.25) is 0 Å². The average molecular weight is 510 g/mol. The highest BCUT2D eigenvalue weighted by Gasteiger charge is 2.52. The number of hydrogen-bond acceptors (Lipinski definition) is 7. The summed E-state index contributed by atoms with van der Waals surface area (Å²) in [6.07, 6.45) is 5.85. The molecule has 2 saturated carbocycles. The van der Waals surface area contributed by atoms with Gasteiger partial charge in [-0.2, -0.15) is 0 Å². The van der Waals surface area contributed by atoms with Crippen molar-refractivity contribution in [2.75, 3.05) is 18.0 Å². The van der Waals surface area contributed by atoms with Crippen LogP contribution >= 0.6 is 0 Å². The lowest BCUT2D eigenvalue weighted by Crippen LogP contribution is -2.50. The molecule has 2 aliphatic carbocycles. The molecule has 1 aromatic carbocycles. The number of benzene rings is 1. The summed E-state index contributed by atoms with van der Waals surface area (Å²) >= 11 is 0. The Labute approximate surface area is 211 Å². The van der Waals surface area contributed by atoms with Crippen LogP contribution in [-0.4, -0.2) is 64.1 Å². The van der Waals surface area contributed by atoms with Gasteiger partial charge >= 0.3 is 6.09 Å². The van der Waals surface area contributed by atoms with E-state index in [0.29, 0.717) is 24.7 Å². The minimum absolute atomic E-state index is 0.0758. The molecule has 2 aromatic heterocycles. The lowest BCUT2D eigenvalue weighted by Gasteiger charge is -2.36. The maximum absolute atomic E-state index is 13.5. The van der Waals surface area contributed by atoms with Gasteiger partial charge in [-0.1, -0.05) is 30.3 Å². The van der Waals surface area contributed by atoms with Gasteiger partial charge in [0.25, 0.3) is 0 Å². The summed E-state index contributed by atoms with van der Waals surface area (Å²) in [5.41, 5.74) is 1.64. The first-order valence-corrected chi connectivity index (χ1v) is 14.1. The molecule has 3 aliphatic rings.